The van der Waals surface area contributed by atoms with Crippen molar-refractivity contribution in [2.75, 3.05) is 7.11 Å². The zero-order chi connectivity index (χ0) is 20.1. The second-order valence-corrected chi connectivity index (χ2v) is 6.39. The maximum absolute atomic E-state index is 12.5. The van der Waals surface area contributed by atoms with Crippen molar-refractivity contribution in [1.82, 2.24) is 5.16 Å². The van der Waals surface area contributed by atoms with Crippen LogP contribution in [-0.4, -0.2) is 18.0 Å². The topological polar surface area (TPSA) is 61.6 Å². The fraction of sp³-hybridized carbons (Fsp3) is 0.0833. The van der Waals surface area contributed by atoms with Crippen LogP contribution in [0.4, 0.5) is 0 Å². The third-order valence-corrected chi connectivity index (χ3v) is 4.48. The number of aromatic nitrogens is 1. The third-order valence-electron chi connectivity index (χ3n) is 4.48. The van der Waals surface area contributed by atoms with Crippen LogP contribution in [0.25, 0.3) is 11.3 Å². The van der Waals surface area contributed by atoms with Gasteiger partial charge in [-0.25, -0.2) is 0 Å². The molecule has 0 aliphatic heterocycles. The quantitative estimate of drug-likeness (QED) is 0.411. The normalized spacial score (nSPS) is 10.5. The Morgan fingerprint density at radius 3 is 2.34 bits per heavy atom. The van der Waals surface area contributed by atoms with Crippen LogP contribution in [-0.2, 0) is 6.61 Å². The fourth-order valence-electron chi connectivity index (χ4n) is 2.98. The average Bonchev–Trinajstić information content (AvgIpc) is 3.27. The summed E-state index contributed by atoms with van der Waals surface area (Å²) < 4.78 is 16.5. The van der Waals surface area contributed by atoms with E-state index in [0.717, 1.165) is 11.3 Å². The van der Waals surface area contributed by atoms with E-state index in [-0.39, 0.29) is 12.4 Å². The summed E-state index contributed by atoms with van der Waals surface area (Å²) in [6.07, 6.45) is 0. The van der Waals surface area contributed by atoms with E-state index in [1.807, 2.05) is 48.5 Å². The molecule has 0 saturated carbocycles. The number of hydrogen-bond donors (Lipinski definition) is 0. The summed E-state index contributed by atoms with van der Waals surface area (Å²) in [5, 5.41) is 4.10. The maximum atomic E-state index is 12.5. The SMILES string of the molecule is COc1ccccc1-c1cc(COc2ccc(C(=O)c3ccccc3)cc2)on1. The molecule has 0 fully saturated rings. The van der Waals surface area contributed by atoms with Gasteiger partial charge in [0.05, 0.1) is 7.11 Å². The average molecular weight is 385 g/mol. The molecular formula is C24H19NO4. The molecule has 0 bridgehead atoms. The Bertz CT molecular complexity index is 1100. The minimum absolute atomic E-state index is 0.0196. The van der Waals surface area contributed by atoms with Crippen LogP contribution in [0.15, 0.2) is 89.5 Å². The van der Waals surface area contributed by atoms with Gasteiger partial charge in [-0.1, -0.05) is 47.6 Å². The first-order valence-electron chi connectivity index (χ1n) is 9.16. The number of benzene rings is 3. The summed E-state index contributed by atoms with van der Waals surface area (Å²) in [6.45, 7) is 0.230. The molecule has 0 amide bonds. The molecule has 5 nitrogen and oxygen atoms in total. The predicted octanol–water partition coefficient (Wildman–Crippen LogP) is 5.16. The summed E-state index contributed by atoms with van der Waals surface area (Å²) in [7, 11) is 1.62. The van der Waals surface area contributed by atoms with E-state index >= 15 is 0 Å². The predicted molar refractivity (Wildman–Crippen MR) is 109 cm³/mol. The number of ketones is 1. The van der Waals surface area contributed by atoms with Crippen molar-refractivity contribution < 1.29 is 18.8 Å². The van der Waals surface area contributed by atoms with Gasteiger partial charge in [-0.05, 0) is 36.4 Å². The number of methoxy groups -OCH3 is 1. The largest absolute Gasteiger partial charge is 0.496 e. The molecule has 3 aromatic carbocycles. The number of carbonyl (C=O) groups is 1. The highest BCUT2D eigenvalue weighted by Crippen LogP contribution is 2.29. The Morgan fingerprint density at radius 2 is 1.59 bits per heavy atom. The lowest BCUT2D eigenvalue weighted by Gasteiger charge is -2.05. The van der Waals surface area contributed by atoms with Crippen molar-refractivity contribution in [1.29, 1.82) is 0 Å². The van der Waals surface area contributed by atoms with Gasteiger partial charge in [-0.15, -0.1) is 0 Å². The minimum atomic E-state index is -0.0196. The number of rotatable bonds is 7. The maximum Gasteiger partial charge on any atom is 0.193 e. The lowest BCUT2D eigenvalue weighted by molar-refractivity contribution is 0.103. The fourth-order valence-corrected chi connectivity index (χ4v) is 2.98. The Morgan fingerprint density at radius 1 is 0.897 bits per heavy atom. The Balaban J connectivity index is 1.41. The molecule has 0 aliphatic carbocycles. The Hall–Kier alpha value is -3.86. The molecule has 0 N–H and O–H groups in total. The molecule has 0 unspecified atom stereocenters. The van der Waals surface area contributed by atoms with Gasteiger partial charge in [0.15, 0.2) is 11.5 Å². The van der Waals surface area contributed by atoms with Crippen LogP contribution in [0.1, 0.15) is 21.7 Å². The van der Waals surface area contributed by atoms with Gasteiger partial charge >= 0.3 is 0 Å². The van der Waals surface area contributed by atoms with E-state index in [1.54, 1.807) is 43.5 Å². The van der Waals surface area contributed by atoms with Crippen LogP contribution >= 0.6 is 0 Å². The molecule has 1 heterocycles. The van der Waals surface area contributed by atoms with Crippen molar-refractivity contribution in [2.24, 2.45) is 0 Å². The summed E-state index contributed by atoms with van der Waals surface area (Å²) in [5.74, 6) is 1.95. The zero-order valence-electron chi connectivity index (χ0n) is 15.9. The van der Waals surface area contributed by atoms with Gasteiger partial charge in [-0.3, -0.25) is 4.79 Å². The van der Waals surface area contributed by atoms with Gasteiger partial charge in [0.25, 0.3) is 0 Å². The molecule has 0 spiro atoms. The minimum Gasteiger partial charge on any atom is -0.496 e. The number of hydrogen-bond acceptors (Lipinski definition) is 5. The Kier molecular flexibility index (Phi) is 5.38. The molecule has 29 heavy (non-hydrogen) atoms. The van der Waals surface area contributed by atoms with E-state index in [2.05, 4.69) is 5.16 Å². The molecule has 144 valence electrons. The molecule has 0 radical (unpaired) electrons. The summed E-state index contributed by atoms with van der Waals surface area (Å²) >= 11 is 0. The van der Waals surface area contributed by atoms with E-state index in [4.69, 9.17) is 14.0 Å². The van der Waals surface area contributed by atoms with E-state index < -0.39 is 0 Å². The highest BCUT2D eigenvalue weighted by atomic mass is 16.5. The number of carbonyl (C=O) groups excluding carboxylic acids is 1. The lowest BCUT2D eigenvalue weighted by atomic mass is 10.0. The molecule has 0 atom stereocenters. The molecular weight excluding hydrogens is 366 g/mol. The summed E-state index contributed by atoms with van der Waals surface area (Å²) in [5.41, 5.74) is 2.81. The lowest BCUT2D eigenvalue weighted by Crippen LogP contribution is -2.01. The monoisotopic (exact) mass is 385 g/mol. The van der Waals surface area contributed by atoms with Crippen molar-refractivity contribution >= 4 is 5.78 Å². The summed E-state index contributed by atoms with van der Waals surface area (Å²) in [6, 6.07) is 25.7. The number of nitrogens with zero attached hydrogens (tertiary/aromatic N) is 1. The Labute approximate surface area is 168 Å². The van der Waals surface area contributed by atoms with Gasteiger partial charge in [0.1, 0.15) is 23.8 Å². The second-order valence-electron chi connectivity index (χ2n) is 6.39. The van der Waals surface area contributed by atoms with E-state index in [0.29, 0.717) is 28.3 Å². The van der Waals surface area contributed by atoms with E-state index in [9.17, 15) is 4.79 Å². The van der Waals surface area contributed by atoms with E-state index in [1.165, 1.54) is 0 Å². The highest BCUT2D eigenvalue weighted by molar-refractivity contribution is 6.08. The molecule has 0 saturated heterocycles. The molecule has 4 aromatic rings. The molecule has 0 aliphatic rings. The van der Waals surface area contributed by atoms with Crippen LogP contribution in [0, 0.1) is 0 Å². The van der Waals surface area contributed by atoms with Gasteiger partial charge in [0.2, 0.25) is 0 Å². The first kappa shape index (κ1) is 18.5. The third kappa shape index (κ3) is 4.19. The first-order valence-corrected chi connectivity index (χ1v) is 9.16. The van der Waals surface area contributed by atoms with Gasteiger partial charge in [0, 0.05) is 22.8 Å². The molecule has 1 aromatic heterocycles. The van der Waals surface area contributed by atoms with Crippen molar-refractivity contribution in [3.63, 3.8) is 0 Å². The van der Waals surface area contributed by atoms with Gasteiger partial charge in [-0.2, -0.15) is 0 Å². The molecule has 5 heteroatoms. The number of para-hydroxylation sites is 1. The number of ether oxygens (including phenoxy) is 2. The smallest absolute Gasteiger partial charge is 0.193 e. The van der Waals surface area contributed by atoms with Crippen LogP contribution in [0.2, 0.25) is 0 Å². The van der Waals surface area contributed by atoms with Gasteiger partial charge < -0.3 is 14.0 Å². The first-order chi connectivity index (χ1) is 14.2. The summed E-state index contributed by atoms with van der Waals surface area (Å²) in [4.78, 5) is 12.5. The van der Waals surface area contributed by atoms with Crippen LogP contribution in [0.5, 0.6) is 11.5 Å². The highest BCUT2D eigenvalue weighted by Gasteiger charge is 2.12. The van der Waals surface area contributed by atoms with Crippen molar-refractivity contribution in [2.45, 2.75) is 6.61 Å². The van der Waals surface area contributed by atoms with Crippen molar-refractivity contribution in [3.8, 4) is 22.8 Å². The molecule has 4 rings (SSSR count). The van der Waals surface area contributed by atoms with Crippen LogP contribution < -0.4 is 9.47 Å². The zero-order valence-corrected chi connectivity index (χ0v) is 15.9. The van der Waals surface area contributed by atoms with Crippen LogP contribution in [0.3, 0.4) is 0 Å². The standard InChI is InChI=1S/C24H19NO4/c1-27-23-10-6-5-9-21(23)22-15-20(29-25-22)16-28-19-13-11-18(12-14-19)24(26)17-7-3-2-4-8-17/h2-15H,16H2,1H3. The van der Waals surface area contributed by atoms with Crippen molar-refractivity contribution in [3.05, 3.63) is 102 Å². The second kappa shape index (κ2) is 8.44.